The lowest BCUT2D eigenvalue weighted by molar-refractivity contribution is 0.0987. The third kappa shape index (κ3) is 2.94. The van der Waals surface area contributed by atoms with E-state index >= 15 is 0 Å². The van der Waals surface area contributed by atoms with Crippen molar-refractivity contribution in [2.45, 2.75) is 33.6 Å². The number of hydrogen-bond donors (Lipinski definition) is 0. The summed E-state index contributed by atoms with van der Waals surface area (Å²) in [7, 11) is 0. The standard InChI is InChI=1S/C20H22BrNO/c1-12(2)18-11-22(19-14(4)9-13(3)10-17(18)19)20(23)15-5-7-16(21)8-6-15/h5-10,12,18H,11H2,1-4H3/t18-/m1/s1. The molecule has 2 aromatic carbocycles. The summed E-state index contributed by atoms with van der Waals surface area (Å²) in [5, 5.41) is 0. The molecule has 3 heteroatoms. The molecule has 2 aromatic rings. The van der Waals surface area contributed by atoms with Crippen LogP contribution in [-0.2, 0) is 0 Å². The first-order chi connectivity index (χ1) is 10.9. The number of hydrogen-bond acceptors (Lipinski definition) is 1. The van der Waals surface area contributed by atoms with Crippen molar-refractivity contribution in [3.05, 3.63) is 63.1 Å². The van der Waals surface area contributed by atoms with E-state index in [9.17, 15) is 4.79 Å². The van der Waals surface area contributed by atoms with Gasteiger partial charge >= 0.3 is 0 Å². The van der Waals surface area contributed by atoms with Crippen LogP contribution in [0.2, 0.25) is 0 Å². The number of anilines is 1. The number of carbonyl (C=O) groups excluding carboxylic acids is 1. The van der Waals surface area contributed by atoms with E-state index in [1.165, 1.54) is 16.7 Å². The van der Waals surface area contributed by atoms with Gasteiger partial charge in [-0.3, -0.25) is 4.79 Å². The van der Waals surface area contributed by atoms with Gasteiger partial charge in [-0.15, -0.1) is 0 Å². The van der Waals surface area contributed by atoms with Crippen molar-refractivity contribution in [2.24, 2.45) is 5.92 Å². The van der Waals surface area contributed by atoms with Gasteiger partial charge in [0.1, 0.15) is 0 Å². The molecule has 2 nitrogen and oxygen atoms in total. The fraction of sp³-hybridized carbons (Fsp3) is 0.350. The molecule has 0 spiro atoms. The summed E-state index contributed by atoms with van der Waals surface area (Å²) in [6, 6.07) is 12.0. The van der Waals surface area contributed by atoms with Crippen LogP contribution in [0, 0.1) is 19.8 Å². The van der Waals surface area contributed by atoms with E-state index in [1.54, 1.807) is 0 Å². The molecule has 0 saturated carbocycles. The molecule has 0 saturated heterocycles. The van der Waals surface area contributed by atoms with Gasteiger partial charge in [0.05, 0.1) is 5.69 Å². The molecule has 23 heavy (non-hydrogen) atoms. The number of rotatable bonds is 2. The fourth-order valence-electron chi connectivity index (χ4n) is 3.53. The van der Waals surface area contributed by atoms with Crippen LogP contribution in [0.5, 0.6) is 0 Å². The molecule has 0 aliphatic carbocycles. The molecule has 1 aliphatic rings. The van der Waals surface area contributed by atoms with Crippen molar-refractivity contribution in [1.82, 2.24) is 0 Å². The zero-order valence-electron chi connectivity index (χ0n) is 14.1. The smallest absolute Gasteiger partial charge is 0.258 e. The Morgan fingerprint density at radius 3 is 2.43 bits per heavy atom. The van der Waals surface area contributed by atoms with Crippen molar-refractivity contribution in [3.63, 3.8) is 0 Å². The van der Waals surface area contributed by atoms with Crippen LogP contribution in [0.15, 0.2) is 40.9 Å². The second kappa shape index (κ2) is 6.12. The summed E-state index contributed by atoms with van der Waals surface area (Å²) in [4.78, 5) is 15.0. The van der Waals surface area contributed by atoms with Gasteiger partial charge in [0, 0.05) is 22.5 Å². The average Bonchev–Trinajstić information content (AvgIpc) is 2.87. The summed E-state index contributed by atoms with van der Waals surface area (Å²) in [6.07, 6.45) is 0. The van der Waals surface area contributed by atoms with Crippen LogP contribution in [0.25, 0.3) is 0 Å². The van der Waals surface area contributed by atoms with Crippen LogP contribution in [-0.4, -0.2) is 12.5 Å². The molecule has 1 aliphatic heterocycles. The summed E-state index contributed by atoms with van der Waals surface area (Å²) in [5.74, 6) is 1.01. The molecular weight excluding hydrogens is 350 g/mol. The van der Waals surface area contributed by atoms with Crippen molar-refractivity contribution in [2.75, 3.05) is 11.4 Å². The molecule has 0 unspecified atom stereocenters. The van der Waals surface area contributed by atoms with Gasteiger partial charge in [-0.05, 0) is 55.2 Å². The van der Waals surface area contributed by atoms with Crippen LogP contribution in [0.3, 0.4) is 0 Å². The number of halogens is 1. The molecule has 0 radical (unpaired) electrons. The highest BCUT2D eigenvalue weighted by molar-refractivity contribution is 9.10. The molecule has 0 N–H and O–H groups in total. The van der Waals surface area contributed by atoms with Gasteiger partial charge in [0.25, 0.3) is 5.91 Å². The predicted molar refractivity (Wildman–Crippen MR) is 99.3 cm³/mol. The van der Waals surface area contributed by atoms with E-state index in [4.69, 9.17) is 0 Å². The molecule has 0 bridgehead atoms. The second-order valence-electron chi connectivity index (χ2n) is 6.79. The van der Waals surface area contributed by atoms with Gasteiger partial charge in [0.2, 0.25) is 0 Å². The molecule has 0 aromatic heterocycles. The Morgan fingerprint density at radius 2 is 1.83 bits per heavy atom. The maximum absolute atomic E-state index is 13.0. The first-order valence-corrected chi connectivity index (χ1v) is 8.86. The summed E-state index contributed by atoms with van der Waals surface area (Å²) in [5.41, 5.74) is 5.63. The zero-order chi connectivity index (χ0) is 16.7. The Morgan fingerprint density at radius 1 is 1.17 bits per heavy atom. The third-order valence-corrected chi connectivity index (χ3v) is 5.19. The van der Waals surface area contributed by atoms with Gasteiger partial charge < -0.3 is 4.90 Å². The number of benzene rings is 2. The predicted octanol–water partition coefficient (Wildman–Crippen LogP) is 5.47. The maximum atomic E-state index is 13.0. The summed E-state index contributed by atoms with van der Waals surface area (Å²) >= 11 is 3.43. The lowest BCUT2D eigenvalue weighted by Crippen LogP contribution is -2.31. The summed E-state index contributed by atoms with van der Waals surface area (Å²) in [6.45, 7) is 9.48. The van der Waals surface area contributed by atoms with Gasteiger partial charge in [-0.25, -0.2) is 0 Å². The minimum atomic E-state index is 0.0915. The van der Waals surface area contributed by atoms with Gasteiger partial charge in [0.15, 0.2) is 0 Å². The lowest BCUT2D eigenvalue weighted by atomic mass is 9.88. The topological polar surface area (TPSA) is 20.3 Å². The lowest BCUT2D eigenvalue weighted by Gasteiger charge is -2.20. The molecule has 120 valence electrons. The highest BCUT2D eigenvalue weighted by atomic mass is 79.9. The number of aryl methyl sites for hydroxylation is 2. The third-order valence-electron chi connectivity index (χ3n) is 4.66. The number of nitrogens with zero attached hydrogens (tertiary/aromatic N) is 1. The quantitative estimate of drug-likeness (QED) is 0.685. The monoisotopic (exact) mass is 371 g/mol. The number of fused-ring (bicyclic) bond motifs is 1. The highest BCUT2D eigenvalue weighted by Crippen LogP contribution is 2.43. The van der Waals surface area contributed by atoms with Gasteiger partial charge in [-0.1, -0.05) is 47.5 Å². The molecule has 3 rings (SSSR count). The first kappa shape index (κ1) is 16.3. The van der Waals surface area contributed by atoms with Crippen LogP contribution in [0.1, 0.15) is 46.8 Å². The van der Waals surface area contributed by atoms with E-state index < -0.39 is 0 Å². The first-order valence-electron chi connectivity index (χ1n) is 8.07. The Hall–Kier alpha value is -1.61. The average molecular weight is 372 g/mol. The van der Waals surface area contributed by atoms with Crippen LogP contribution in [0.4, 0.5) is 5.69 Å². The largest absolute Gasteiger partial charge is 0.307 e. The van der Waals surface area contributed by atoms with Crippen molar-refractivity contribution in [3.8, 4) is 0 Å². The molecule has 1 heterocycles. The molecule has 1 atom stereocenters. The minimum Gasteiger partial charge on any atom is -0.307 e. The maximum Gasteiger partial charge on any atom is 0.258 e. The normalized spacial score (nSPS) is 16.8. The van der Waals surface area contributed by atoms with E-state index in [0.29, 0.717) is 11.8 Å². The van der Waals surface area contributed by atoms with Crippen molar-refractivity contribution in [1.29, 1.82) is 0 Å². The Kier molecular flexibility index (Phi) is 4.33. The van der Waals surface area contributed by atoms with Crippen molar-refractivity contribution < 1.29 is 4.79 Å². The summed E-state index contributed by atoms with van der Waals surface area (Å²) < 4.78 is 0.989. The van der Waals surface area contributed by atoms with E-state index in [-0.39, 0.29) is 5.91 Å². The van der Waals surface area contributed by atoms with Crippen molar-refractivity contribution >= 4 is 27.5 Å². The number of amides is 1. The van der Waals surface area contributed by atoms with E-state index in [0.717, 1.165) is 22.3 Å². The molecular formula is C20H22BrNO. The molecule has 1 amide bonds. The Labute approximate surface area is 146 Å². The fourth-order valence-corrected chi connectivity index (χ4v) is 3.80. The van der Waals surface area contributed by atoms with Crippen LogP contribution < -0.4 is 4.90 Å². The van der Waals surface area contributed by atoms with Crippen LogP contribution >= 0.6 is 15.9 Å². The zero-order valence-corrected chi connectivity index (χ0v) is 15.6. The highest BCUT2D eigenvalue weighted by Gasteiger charge is 2.35. The van der Waals surface area contributed by atoms with Gasteiger partial charge in [-0.2, -0.15) is 0 Å². The Bertz CT molecular complexity index is 749. The SMILES string of the molecule is Cc1cc(C)c2c(c1)[C@@H](C(C)C)CN2C(=O)c1ccc(Br)cc1. The van der Waals surface area contributed by atoms with E-state index in [2.05, 4.69) is 55.8 Å². The second-order valence-corrected chi connectivity index (χ2v) is 7.71. The Balaban J connectivity index is 2.06. The molecule has 0 fully saturated rings. The van der Waals surface area contributed by atoms with E-state index in [1.807, 2.05) is 29.2 Å². The minimum absolute atomic E-state index is 0.0915. The number of carbonyl (C=O) groups is 1.